The molecular weight excluding hydrogens is 800 g/mol. The number of hydrogen-bond acceptors (Lipinski definition) is 0. The van der Waals surface area contributed by atoms with Gasteiger partial charge in [0.05, 0.1) is 0 Å². The number of rotatable bonds is 12. The average molecular weight is 864 g/mol. The summed E-state index contributed by atoms with van der Waals surface area (Å²) in [7, 11) is 0. The summed E-state index contributed by atoms with van der Waals surface area (Å²) < 4.78 is 3.61. The van der Waals surface area contributed by atoms with Crippen LogP contribution in [0.4, 0.5) is 0 Å². The minimum absolute atomic E-state index is 0.0366. The van der Waals surface area contributed by atoms with Gasteiger partial charge >= 0.3 is 372 Å². The van der Waals surface area contributed by atoms with Crippen LogP contribution in [0, 0.1) is 0 Å². The van der Waals surface area contributed by atoms with E-state index in [2.05, 4.69) is 207 Å². The van der Waals surface area contributed by atoms with Crippen LogP contribution in [0.3, 0.4) is 0 Å². The van der Waals surface area contributed by atoms with Crippen molar-refractivity contribution < 1.29 is 21.3 Å². The Balaban J connectivity index is 1.50. The summed E-state index contributed by atoms with van der Waals surface area (Å²) in [5.41, 5.74) is 19.8. The standard InChI is InChI=1S/C33H33.C21H26.C5H5.Zr/c1-32(2,3)30-20-26-24(18-28(30)22-13-9-7-10-14-22)17-25-19-29(23-15-11-8-12-16-23)31(21-27(25)26)33(4,5)6;1-3-5-7-18-9-13-20(14-10-18)17-21-15-11-19(12-16-21)8-6-4-2;1-2-4-5-3-1;/h7-21H,1-6H3;9-16H,3-8H2,1-2H3;1-3H,4H2;. The molecule has 0 saturated carbocycles. The summed E-state index contributed by atoms with van der Waals surface area (Å²) in [5, 5.41) is 0. The zero-order valence-electron chi connectivity index (χ0n) is 37.5. The van der Waals surface area contributed by atoms with Gasteiger partial charge in [-0.2, -0.15) is 0 Å². The summed E-state index contributed by atoms with van der Waals surface area (Å²) in [6, 6.07) is 52.7. The van der Waals surface area contributed by atoms with Crippen molar-refractivity contribution in [3.63, 3.8) is 0 Å². The van der Waals surface area contributed by atoms with Gasteiger partial charge in [0.25, 0.3) is 0 Å². The van der Waals surface area contributed by atoms with Crippen LogP contribution in [0.2, 0.25) is 0 Å². The monoisotopic (exact) mass is 862 g/mol. The van der Waals surface area contributed by atoms with Crippen LogP contribution >= 0.6 is 0 Å². The molecule has 0 aromatic heterocycles. The number of allylic oxidation sites excluding steroid dienone is 4. The van der Waals surface area contributed by atoms with Crippen LogP contribution in [0.1, 0.15) is 136 Å². The van der Waals surface area contributed by atoms with Crippen molar-refractivity contribution >= 4 is 3.21 Å². The first-order valence-electron chi connectivity index (χ1n) is 22.7. The molecule has 2 aliphatic carbocycles. The molecule has 2 aliphatic rings. The van der Waals surface area contributed by atoms with Crippen molar-refractivity contribution in [2.24, 2.45) is 0 Å². The molecule has 0 atom stereocenters. The van der Waals surface area contributed by atoms with Crippen molar-refractivity contribution in [2.75, 3.05) is 0 Å². The first kappa shape index (κ1) is 42.3. The van der Waals surface area contributed by atoms with Gasteiger partial charge in [0.1, 0.15) is 0 Å². The van der Waals surface area contributed by atoms with Crippen molar-refractivity contribution in [3.05, 3.63) is 199 Å². The molecule has 0 saturated heterocycles. The first-order chi connectivity index (χ1) is 29.0. The third kappa shape index (κ3) is 8.68. The van der Waals surface area contributed by atoms with Crippen molar-refractivity contribution in [1.82, 2.24) is 0 Å². The molecule has 6 aromatic carbocycles. The van der Waals surface area contributed by atoms with Crippen LogP contribution in [0.15, 0.2) is 155 Å². The summed E-state index contributed by atoms with van der Waals surface area (Å²) in [4.78, 5) is 0. The molecule has 0 bridgehead atoms. The zero-order chi connectivity index (χ0) is 42.0. The van der Waals surface area contributed by atoms with Crippen LogP contribution in [-0.4, -0.2) is 3.21 Å². The predicted octanol–water partition coefficient (Wildman–Crippen LogP) is 16.1. The van der Waals surface area contributed by atoms with E-state index in [-0.39, 0.29) is 10.8 Å². The van der Waals surface area contributed by atoms with Gasteiger partial charge in [-0.3, -0.25) is 0 Å². The van der Waals surface area contributed by atoms with Crippen LogP contribution < -0.4 is 0 Å². The van der Waals surface area contributed by atoms with Crippen molar-refractivity contribution in [1.29, 1.82) is 0 Å². The molecule has 8 rings (SSSR count). The van der Waals surface area contributed by atoms with E-state index in [0.717, 1.165) is 19.3 Å². The molecule has 0 fully saturated rings. The number of fused-ring (bicyclic) bond motifs is 3. The molecule has 60 heavy (non-hydrogen) atoms. The Labute approximate surface area is 369 Å². The molecule has 0 amide bonds. The molecule has 0 aliphatic heterocycles. The van der Waals surface area contributed by atoms with Gasteiger partial charge in [-0.05, 0) is 0 Å². The van der Waals surface area contributed by atoms with E-state index in [1.54, 1.807) is 6.49 Å². The maximum absolute atomic E-state index is 3.00. The van der Waals surface area contributed by atoms with E-state index in [9.17, 15) is 0 Å². The van der Waals surface area contributed by atoms with E-state index in [1.165, 1.54) is 104 Å². The number of unbranched alkanes of at least 4 members (excludes halogenated alkanes) is 2. The Kier molecular flexibility index (Phi) is 12.6. The molecule has 0 N–H and O–H groups in total. The Morgan fingerprint density at radius 1 is 0.533 bits per heavy atom. The average Bonchev–Trinajstić information content (AvgIpc) is 3.90. The van der Waals surface area contributed by atoms with Gasteiger partial charge in [0.2, 0.25) is 0 Å². The third-order valence-electron chi connectivity index (χ3n) is 12.9. The van der Waals surface area contributed by atoms with Gasteiger partial charge in [0.15, 0.2) is 0 Å². The molecule has 304 valence electrons. The van der Waals surface area contributed by atoms with E-state index >= 15 is 0 Å². The minimum atomic E-state index is -3.00. The zero-order valence-corrected chi connectivity index (χ0v) is 39.9. The van der Waals surface area contributed by atoms with E-state index in [1.807, 2.05) is 0 Å². The number of aryl methyl sites for hydroxylation is 2. The Hall–Kier alpha value is -4.45. The SMILES string of the molecule is CCCCc1ccc([C](c2ccc(CCCC)cc2)=[Zr]([C]2=CC=CC2)[CH]2c3cc(-c4ccccc4)c(C(C)(C)C)cc3-c3cc(C(C)(C)C)c(-c4ccccc4)cc32)cc1. The molecule has 0 radical (unpaired) electrons. The summed E-state index contributed by atoms with van der Waals surface area (Å²) in [5.74, 6) is 0. The van der Waals surface area contributed by atoms with Crippen LogP contribution in [0.25, 0.3) is 33.4 Å². The Morgan fingerprint density at radius 3 is 1.33 bits per heavy atom. The second-order valence-electron chi connectivity index (χ2n) is 19.3. The fourth-order valence-corrected chi connectivity index (χ4v) is 18.6. The van der Waals surface area contributed by atoms with Crippen LogP contribution in [-0.2, 0) is 44.9 Å². The molecule has 0 spiro atoms. The fourth-order valence-electron chi connectivity index (χ4n) is 9.66. The predicted molar refractivity (Wildman–Crippen MR) is 257 cm³/mol. The molecule has 1 heteroatoms. The van der Waals surface area contributed by atoms with Crippen molar-refractivity contribution in [2.45, 2.75) is 115 Å². The Morgan fingerprint density at radius 2 is 0.967 bits per heavy atom. The topological polar surface area (TPSA) is 0 Å². The van der Waals surface area contributed by atoms with Gasteiger partial charge in [-0.1, -0.05) is 0 Å². The van der Waals surface area contributed by atoms with Gasteiger partial charge in [-0.25, -0.2) is 0 Å². The van der Waals surface area contributed by atoms with Crippen LogP contribution in [0.5, 0.6) is 0 Å². The molecule has 0 unspecified atom stereocenters. The van der Waals surface area contributed by atoms with E-state index in [0.29, 0.717) is 3.63 Å². The Bertz CT molecular complexity index is 2390. The first-order valence-corrected chi connectivity index (χ1v) is 26.6. The fraction of sp³-hybridized carbons (Fsp3) is 0.305. The second-order valence-corrected chi connectivity index (χ2v) is 25.6. The maximum atomic E-state index is 2.66. The van der Waals surface area contributed by atoms with Gasteiger partial charge < -0.3 is 0 Å². The number of benzene rings is 6. The molecular formula is C59H64Zr. The summed E-state index contributed by atoms with van der Waals surface area (Å²) in [6.45, 7) is 19.0. The van der Waals surface area contributed by atoms with Crippen molar-refractivity contribution in [3.8, 4) is 33.4 Å². The quantitative estimate of drug-likeness (QED) is 0.115. The van der Waals surface area contributed by atoms with E-state index in [4.69, 9.17) is 0 Å². The molecule has 0 heterocycles. The number of hydrogen-bond donors (Lipinski definition) is 0. The summed E-state index contributed by atoms with van der Waals surface area (Å²) in [6.07, 6.45) is 15.5. The second kappa shape index (κ2) is 17.9. The summed E-state index contributed by atoms with van der Waals surface area (Å²) >= 11 is -3.00. The van der Waals surface area contributed by atoms with Gasteiger partial charge in [-0.15, -0.1) is 0 Å². The van der Waals surface area contributed by atoms with E-state index < -0.39 is 21.3 Å². The normalized spacial score (nSPS) is 13.6. The van der Waals surface area contributed by atoms with Gasteiger partial charge in [0, 0.05) is 0 Å². The third-order valence-corrected chi connectivity index (χ3v) is 21.2. The molecule has 6 aromatic rings. The molecule has 0 nitrogen and oxygen atoms in total.